The molecule has 0 aliphatic rings. The van der Waals surface area contributed by atoms with Gasteiger partial charge in [-0.05, 0) is 29.7 Å². The maximum Gasteiger partial charge on any atom is 0.191 e. The topological polar surface area (TPSA) is 65.9 Å². The van der Waals surface area contributed by atoms with Gasteiger partial charge in [-0.3, -0.25) is 4.99 Å². The van der Waals surface area contributed by atoms with E-state index in [2.05, 4.69) is 21.7 Å². The van der Waals surface area contributed by atoms with E-state index in [0.29, 0.717) is 6.54 Å². The highest BCUT2D eigenvalue weighted by molar-refractivity contribution is 14.0. The van der Waals surface area contributed by atoms with Crippen molar-refractivity contribution in [1.82, 2.24) is 10.6 Å². The Bertz CT molecular complexity index is 665. The molecule has 26 heavy (non-hydrogen) atoms. The summed E-state index contributed by atoms with van der Waals surface area (Å²) in [5, 5.41) is 16.2. The van der Waals surface area contributed by atoms with Gasteiger partial charge in [-0.15, -0.1) is 24.0 Å². The van der Waals surface area contributed by atoms with E-state index in [9.17, 15) is 5.11 Å². The quantitative estimate of drug-likeness (QED) is 0.316. The molecule has 0 amide bonds. The minimum Gasteiger partial charge on any atom is -0.497 e. The number of aliphatic imine (C=N–C) groups is 1. The summed E-state index contributed by atoms with van der Waals surface area (Å²) in [6, 6.07) is 18.1. The SMILES string of the molecule is CN=C(NCCc1cccc(OC)c1)NCC(CO)c1ccccc1.I. The molecule has 0 aliphatic heterocycles. The minimum atomic E-state index is 0. The van der Waals surface area contributed by atoms with Gasteiger partial charge in [0.05, 0.1) is 13.7 Å². The van der Waals surface area contributed by atoms with Crippen LogP contribution in [0.4, 0.5) is 0 Å². The zero-order valence-electron chi connectivity index (χ0n) is 15.3. The molecule has 2 aromatic carbocycles. The third kappa shape index (κ3) is 7.21. The molecule has 0 saturated carbocycles. The van der Waals surface area contributed by atoms with Gasteiger partial charge in [0.1, 0.15) is 5.75 Å². The van der Waals surface area contributed by atoms with Crippen molar-refractivity contribution < 1.29 is 9.84 Å². The van der Waals surface area contributed by atoms with Crippen LogP contribution in [0, 0.1) is 0 Å². The summed E-state index contributed by atoms with van der Waals surface area (Å²) in [6.07, 6.45) is 0.875. The van der Waals surface area contributed by atoms with E-state index in [4.69, 9.17) is 4.74 Å². The Balaban J connectivity index is 0.00000338. The summed E-state index contributed by atoms with van der Waals surface area (Å²) >= 11 is 0. The van der Waals surface area contributed by atoms with Gasteiger partial charge in [0.25, 0.3) is 0 Å². The number of ether oxygens (including phenoxy) is 1. The van der Waals surface area contributed by atoms with Gasteiger partial charge in [-0.25, -0.2) is 0 Å². The molecule has 6 heteroatoms. The highest BCUT2D eigenvalue weighted by atomic mass is 127. The Labute approximate surface area is 172 Å². The Morgan fingerprint density at radius 3 is 2.54 bits per heavy atom. The van der Waals surface area contributed by atoms with Gasteiger partial charge in [0.15, 0.2) is 5.96 Å². The molecular weight excluding hydrogens is 441 g/mol. The van der Waals surface area contributed by atoms with Gasteiger partial charge in [0, 0.05) is 26.1 Å². The van der Waals surface area contributed by atoms with Crippen molar-refractivity contribution in [2.45, 2.75) is 12.3 Å². The summed E-state index contributed by atoms with van der Waals surface area (Å²) in [6.45, 7) is 1.49. The zero-order valence-corrected chi connectivity index (χ0v) is 17.6. The molecule has 0 heterocycles. The van der Waals surface area contributed by atoms with Crippen LogP contribution >= 0.6 is 24.0 Å². The molecule has 5 nitrogen and oxygen atoms in total. The molecule has 3 N–H and O–H groups in total. The molecule has 0 bridgehead atoms. The van der Waals surface area contributed by atoms with Crippen LogP contribution in [0.1, 0.15) is 17.0 Å². The van der Waals surface area contributed by atoms with E-state index in [0.717, 1.165) is 30.2 Å². The first-order valence-corrected chi connectivity index (χ1v) is 8.50. The van der Waals surface area contributed by atoms with Crippen molar-refractivity contribution in [1.29, 1.82) is 0 Å². The number of guanidine groups is 1. The summed E-state index contributed by atoms with van der Waals surface area (Å²) in [5.41, 5.74) is 2.32. The maximum absolute atomic E-state index is 9.63. The van der Waals surface area contributed by atoms with Crippen molar-refractivity contribution in [3.8, 4) is 5.75 Å². The fraction of sp³-hybridized carbons (Fsp3) is 0.350. The van der Waals surface area contributed by atoms with E-state index in [-0.39, 0.29) is 36.5 Å². The lowest BCUT2D eigenvalue weighted by atomic mass is 10.0. The number of hydrogen-bond donors (Lipinski definition) is 3. The van der Waals surface area contributed by atoms with Crippen LogP contribution in [0.25, 0.3) is 0 Å². The number of nitrogens with zero attached hydrogens (tertiary/aromatic N) is 1. The van der Waals surface area contributed by atoms with Crippen molar-refractivity contribution >= 4 is 29.9 Å². The fourth-order valence-corrected chi connectivity index (χ4v) is 2.61. The number of rotatable bonds is 8. The lowest BCUT2D eigenvalue weighted by molar-refractivity contribution is 0.265. The first kappa shape index (κ1) is 22.2. The molecule has 0 aromatic heterocycles. The molecule has 0 fully saturated rings. The van der Waals surface area contributed by atoms with Crippen LogP contribution in [-0.2, 0) is 6.42 Å². The lowest BCUT2D eigenvalue weighted by Gasteiger charge is -2.18. The van der Waals surface area contributed by atoms with E-state index >= 15 is 0 Å². The van der Waals surface area contributed by atoms with Gasteiger partial charge in [-0.1, -0.05) is 42.5 Å². The average molecular weight is 469 g/mol. The van der Waals surface area contributed by atoms with Crippen LogP contribution in [0.15, 0.2) is 59.6 Å². The van der Waals surface area contributed by atoms with Gasteiger partial charge in [0.2, 0.25) is 0 Å². The third-order valence-corrected chi connectivity index (χ3v) is 4.07. The predicted molar refractivity (Wildman–Crippen MR) is 118 cm³/mol. The van der Waals surface area contributed by atoms with Crippen LogP contribution in [-0.4, -0.2) is 44.9 Å². The highest BCUT2D eigenvalue weighted by Crippen LogP contribution is 2.14. The number of aliphatic hydroxyl groups excluding tert-OH is 1. The summed E-state index contributed by atoms with van der Waals surface area (Å²) in [5.74, 6) is 1.64. The van der Waals surface area contributed by atoms with Crippen LogP contribution in [0.3, 0.4) is 0 Å². The molecule has 2 rings (SSSR count). The normalized spacial score (nSPS) is 12.0. The van der Waals surface area contributed by atoms with Gasteiger partial charge < -0.3 is 20.5 Å². The molecule has 1 atom stereocenters. The number of benzene rings is 2. The van der Waals surface area contributed by atoms with E-state index in [1.54, 1.807) is 14.2 Å². The average Bonchev–Trinajstić information content (AvgIpc) is 2.68. The number of halogens is 1. The Hall–Kier alpha value is -1.80. The van der Waals surface area contributed by atoms with E-state index in [1.807, 2.05) is 48.5 Å². The van der Waals surface area contributed by atoms with Gasteiger partial charge >= 0.3 is 0 Å². The summed E-state index contributed by atoms with van der Waals surface area (Å²) in [7, 11) is 3.42. The minimum absolute atomic E-state index is 0. The molecule has 142 valence electrons. The molecule has 0 aliphatic carbocycles. The number of hydrogen-bond acceptors (Lipinski definition) is 3. The third-order valence-electron chi connectivity index (χ3n) is 4.07. The van der Waals surface area contributed by atoms with E-state index < -0.39 is 0 Å². The van der Waals surface area contributed by atoms with Crippen LogP contribution < -0.4 is 15.4 Å². The fourth-order valence-electron chi connectivity index (χ4n) is 2.61. The maximum atomic E-state index is 9.63. The second-order valence-corrected chi connectivity index (χ2v) is 5.77. The molecular formula is C20H28IN3O2. The smallest absolute Gasteiger partial charge is 0.191 e. The Morgan fingerprint density at radius 2 is 1.88 bits per heavy atom. The first-order chi connectivity index (χ1) is 12.3. The molecule has 2 aromatic rings. The lowest BCUT2D eigenvalue weighted by Crippen LogP contribution is -2.40. The second-order valence-electron chi connectivity index (χ2n) is 5.77. The highest BCUT2D eigenvalue weighted by Gasteiger charge is 2.10. The van der Waals surface area contributed by atoms with Crippen molar-refractivity contribution in [2.75, 3.05) is 33.9 Å². The Kier molecular flexibility index (Phi) is 10.7. The Morgan fingerprint density at radius 1 is 1.12 bits per heavy atom. The standard InChI is InChI=1S/C20H27N3O2.HI/c1-21-20(22-12-11-16-7-6-10-19(13-16)25-2)23-14-18(15-24)17-8-4-3-5-9-17;/h3-10,13,18,24H,11-12,14-15H2,1-2H3,(H2,21,22,23);1H. The molecule has 0 radical (unpaired) electrons. The number of methoxy groups -OCH3 is 1. The monoisotopic (exact) mass is 469 g/mol. The molecule has 1 unspecified atom stereocenters. The van der Waals surface area contributed by atoms with Crippen molar-refractivity contribution in [3.63, 3.8) is 0 Å². The number of nitrogens with one attached hydrogen (secondary N) is 2. The van der Waals surface area contributed by atoms with Crippen LogP contribution in [0.2, 0.25) is 0 Å². The second kappa shape index (κ2) is 12.5. The van der Waals surface area contributed by atoms with Crippen molar-refractivity contribution in [2.24, 2.45) is 4.99 Å². The number of aliphatic hydroxyl groups is 1. The predicted octanol–water partition coefficient (Wildman–Crippen LogP) is 2.80. The van der Waals surface area contributed by atoms with Gasteiger partial charge in [-0.2, -0.15) is 0 Å². The zero-order chi connectivity index (χ0) is 17.9. The largest absolute Gasteiger partial charge is 0.497 e. The molecule has 0 saturated heterocycles. The summed E-state index contributed by atoms with van der Waals surface area (Å²) < 4.78 is 5.24. The van der Waals surface area contributed by atoms with E-state index in [1.165, 1.54) is 5.56 Å². The molecule has 0 spiro atoms. The first-order valence-electron chi connectivity index (χ1n) is 8.50. The van der Waals surface area contributed by atoms with Crippen molar-refractivity contribution in [3.05, 3.63) is 65.7 Å². The van der Waals surface area contributed by atoms with Crippen LogP contribution in [0.5, 0.6) is 5.75 Å². The summed E-state index contributed by atoms with van der Waals surface area (Å²) in [4.78, 5) is 4.24.